The zero-order chi connectivity index (χ0) is 13.3. The van der Waals surface area contributed by atoms with Crippen molar-refractivity contribution in [1.29, 1.82) is 0 Å². The van der Waals surface area contributed by atoms with Gasteiger partial charge < -0.3 is 10.0 Å². The molecule has 2 atom stereocenters. The van der Waals surface area contributed by atoms with Gasteiger partial charge in [0, 0.05) is 25.3 Å². The van der Waals surface area contributed by atoms with Crippen molar-refractivity contribution in [2.45, 2.75) is 51.0 Å². The predicted octanol–water partition coefficient (Wildman–Crippen LogP) is 2.04. The molecule has 0 aromatic rings. The van der Waals surface area contributed by atoms with E-state index in [1.807, 2.05) is 6.92 Å². The summed E-state index contributed by atoms with van der Waals surface area (Å²) >= 11 is 0. The number of halogens is 2. The summed E-state index contributed by atoms with van der Waals surface area (Å²) in [6.45, 7) is 2.64. The number of carbonyl (C=O) groups excluding carboxylic acids is 1. The number of carbonyl (C=O) groups is 1. The Bertz CT molecular complexity index is 312. The molecule has 2 aliphatic rings. The molecule has 18 heavy (non-hydrogen) atoms. The molecule has 2 fully saturated rings. The molecule has 1 aliphatic heterocycles. The first-order valence-corrected chi connectivity index (χ1v) is 6.74. The third-order valence-corrected chi connectivity index (χ3v) is 4.42. The summed E-state index contributed by atoms with van der Waals surface area (Å²) in [5, 5.41) is 9.32. The molecule has 1 saturated heterocycles. The van der Waals surface area contributed by atoms with Crippen molar-refractivity contribution < 1.29 is 18.7 Å². The van der Waals surface area contributed by atoms with Crippen LogP contribution in [0.2, 0.25) is 0 Å². The van der Waals surface area contributed by atoms with Crippen molar-refractivity contribution in [3.05, 3.63) is 0 Å². The van der Waals surface area contributed by atoms with E-state index in [9.17, 15) is 18.7 Å². The molecule has 2 rings (SSSR count). The zero-order valence-electron chi connectivity index (χ0n) is 10.7. The fourth-order valence-electron chi connectivity index (χ4n) is 3.08. The number of rotatable bonds is 2. The first-order valence-electron chi connectivity index (χ1n) is 6.74. The van der Waals surface area contributed by atoms with Gasteiger partial charge in [0.2, 0.25) is 11.8 Å². The minimum atomic E-state index is -2.59. The highest BCUT2D eigenvalue weighted by atomic mass is 19.3. The van der Waals surface area contributed by atoms with E-state index >= 15 is 0 Å². The Morgan fingerprint density at radius 2 is 1.94 bits per heavy atom. The van der Waals surface area contributed by atoms with Gasteiger partial charge in [-0.3, -0.25) is 4.79 Å². The molecule has 1 N–H and O–H groups in total. The lowest BCUT2D eigenvalue weighted by molar-refractivity contribution is -0.141. The lowest BCUT2D eigenvalue weighted by Gasteiger charge is -2.33. The molecular weight excluding hydrogens is 240 g/mol. The molecule has 0 bridgehead atoms. The Morgan fingerprint density at radius 1 is 1.33 bits per heavy atom. The largest absolute Gasteiger partial charge is 0.394 e. The third-order valence-electron chi connectivity index (χ3n) is 4.42. The quantitative estimate of drug-likeness (QED) is 0.826. The van der Waals surface area contributed by atoms with Crippen LogP contribution < -0.4 is 0 Å². The second-order valence-electron chi connectivity index (χ2n) is 5.68. The molecule has 5 heteroatoms. The highest BCUT2D eigenvalue weighted by Gasteiger charge is 2.41. The number of alkyl halides is 2. The summed E-state index contributed by atoms with van der Waals surface area (Å²) in [6, 6.07) is -0.125. The second kappa shape index (κ2) is 5.11. The van der Waals surface area contributed by atoms with E-state index in [0.717, 1.165) is 6.42 Å². The van der Waals surface area contributed by atoms with Crippen LogP contribution in [0.25, 0.3) is 0 Å². The van der Waals surface area contributed by atoms with Crippen LogP contribution in [0.3, 0.4) is 0 Å². The van der Waals surface area contributed by atoms with Crippen LogP contribution in [0.15, 0.2) is 0 Å². The lowest BCUT2D eigenvalue weighted by Crippen LogP contribution is -2.44. The number of nitrogens with zero attached hydrogens (tertiary/aromatic N) is 1. The van der Waals surface area contributed by atoms with Crippen LogP contribution in [0.1, 0.15) is 39.0 Å². The zero-order valence-corrected chi connectivity index (χ0v) is 10.7. The van der Waals surface area contributed by atoms with E-state index in [2.05, 4.69) is 0 Å². The summed E-state index contributed by atoms with van der Waals surface area (Å²) in [5.41, 5.74) is 0. The lowest BCUT2D eigenvalue weighted by atomic mass is 9.85. The predicted molar refractivity (Wildman–Crippen MR) is 63.3 cm³/mol. The molecule has 1 heterocycles. The summed E-state index contributed by atoms with van der Waals surface area (Å²) < 4.78 is 26.1. The molecule has 1 aliphatic carbocycles. The molecule has 3 nitrogen and oxygen atoms in total. The van der Waals surface area contributed by atoms with Crippen molar-refractivity contribution in [2.75, 3.05) is 13.2 Å². The second-order valence-corrected chi connectivity index (χ2v) is 5.68. The van der Waals surface area contributed by atoms with Crippen LogP contribution >= 0.6 is 0 Å². The van der Waals surface area contributed by atoms with Gasteiger partial charge in [0.25, 0.3) is 0 Å². The molecule has 2 unspecified atom stereocenters. The van der Waals surface area contributed by atoms with Gasteiger partial charge in [0.05, 0.1) is 12.6 Å². The average Bonchev–Trinajstić information content (AvgIpc) is 2.69. The van der Waals surface area contributed by atoms with Gasteiger partial charge in [0.15, 0.2) is 0 Å². The van der Waals surface area contributed by atoms with Gasteiger partial charge in [-0.05, 0) is 25.2 Å². The molecule has 1 saturated carbocycles. The smallest absolute Gasteiger partial charge is 0.248 e. The van der Waals surface area contributed by atoms with Gasteiger partial charge >= 0.3 is 0 Å². The maximum Gasteiger partial charge on any atom is 0.248 e. The Morgan fingerprint density at radius 3 is 2.50 bits per heavy atom. The number of aliphatic hydroxyl groups excluding tert-OH is 1. The summed E-state index contributed by atoms with van der Waals surface area (Å²) in [6.07, 6.45) is 1.07. The van der Waals surface area contributed by atoms with Gasteiger partial charge in [-0.1, -0.05) is 6.92 Å². The normalized spacial score (nSPS) is 32.8. The van der Waals surface area contributed by atoms with Crippen LogP contribution in [0.5, 0.6) is 0 Å². The minimum Gasteiger partial charge on any atom is -0.394 e. The van der Waals surface area contributed by atoms with E-state index in [1.165, 1.54) is 0 Å². The fraction of sp³-hybridized carbons (Fsp3) is 0.923. The molecule has 1 amide bonds. The maximum absolute atomic E-state index is 13.1. The number of likely N-dealkylation sites (tertiary alicyclic amines) is 1. The Balaban J connectivity index is 1.96. The average molecular weight is 261 g/mol. The van der Waals surface area contributed by atoms with Crippen molar-refractivity contribution in [3.8, 4) is 0 Å². The van der Waals surface area contributed by atoms with Gasteiger partial charge in [-0.2, -0.15) is 0 Å². The van der Waals surface area contributed by atoms with E-state index in [0.29, 0.717) is 12.5 Å². The minimum absolute atomic E-state index is 0.0320. The monoisotopic (exact) mass is 261 g/mol. The molecule has 0 radical (unpaired) electrons. The SMILES string of the molecule is CC1CCN(C(=O)C2CCC(F)(F)CC2)C1CO. The molecule has 0 aromatic heterocycles. The molecular formula is C13H21F2NO2. The number of hydrogen-bond donors (Lipinski definition) is 1. The van der Waals surface area contributed by atoms with Gasteiger partial charge in [-0.25, -0.2) is 8.78 Å². The number of aliphatic hydroxyl groups is 1. The highest BCUT2D eigenvalue weighted by Crippen LogP contribution is 2.38. The third kappa shape index (κ3) is 2.66. The summed E-state index contributed by atoms with van der Waals surface area (Å²) in [4.78, 5) is 14.0. The van der Waals surface area contributed by atoms with Crippen molar-refractivity contribution in [3.63, 3.8) is 0 Å². The van der Waals surface area contributed by atoms with Crippen molar-refractivity contribution in [2.24, 2.45) is 11.8 Å². The first-order chi connectivity index (χ1) is 8.44. The first kappa shape index (κ1) is 13.7. The van der Waals surface area contributed by atoms with Gasteiger partial charge in [-0.15, -0.1) is 0 Å². The van der Waals surface area contributed by atoms with Crippen molar-refractivity contribution >= 4 is 5.91 Å². The van der Waals surface area contributed by atoms with Crippen LogP contribution in [-0.2, 0) is 4.79 Å². The van der Waals surface area contributed by atoms with Gasteiger partial charge in [0.1, 0.15) is 0 Å². The number of amides is 1. The number of hydrogen-bond acceptors (Lipinski definition) is 2. The van der Waals surface area contributed by atoms with Crippen LogP contribution in [0.4, 0.5) is 8.78 Å². The van der Waals surface area contributed by atoms with Crippen LogP contribution in [0, 0.1) is 11.8 Å². The van der Waals surface area contributed by atoms with E-state index in [-0.39, 0.29) is 50.2 Å². The maximum atomic E-state index is 13.1. The van der Waals surface area contributed by atoms with E-state index in [1.54, 1.807) is 4.90 Å². The summed E-state index contributed by atoms with van der Waals surface area (Å²) in [7, 11) is 0. The Hall–Kier alpha value is -0.710. The summed E-state index contributed by atoms with van der Waals surface area (Å²) in [5.74, 6) is -2.60. The molecule has 0 aromatic carbocycles. The van der Waals surface area contributed by atoms with E-state index < -0.39 is 5.92 Å². The Kier molecular flexibility index (Phi) is 3.90. The molecule has 104 valence electrons. The van der Waals surface area contributed by atoms with E-state index in [4.69, 9.17) is 0 Å². The fourth-order valence-corrected chi connectivity index (χ4v) is 3.08. The van der Waals surface area contributed by atoms with Crippen LogP contribution in [-0.4, -0.2) is 41.0 Å². The van der Waals surface area contributed by atoms with Crippen molar-refractivity contribution in [1.82, 2.24) is 4.90 Å². The highest BCUT2D eigenvalue weighted by molar-refractivity contribution is 5.79. The molecule has 0 spiro atoms. The topological polar surface area (TPSA) is 40.5 Å². The Labute approximate surface area is 106 Å². The standard InChI is InChI=1S/C13H21F2NO2/c1-9-4-7-16(11(9)8-17)12(18)10-2-5-13(14,15)6-3-10/h9-11,17H,2-8H2,1H3.